The molecule has 2 heterocycles. The smallest absolute Gasteiger partial charge is 0.329 e. The number of ether oxygens (including phenoxy) is 1. The van der Waals surface area contributed by atoms with Crippen molar-refractivity contribution in [2.24, 2.45) is 0 Å². The van der Waals surface area contributed by atoms with Gasteiger partial charge in [0.05, 0.1) is 11.9 Å². The minimum Gasteiger partial charge on any atom is -0.458 e. The van der Waals surface area contributed by atoms with Crippen molar-refractivity contribution >= 4 is 27.6 Å². The number of fused-ring (bicyclic) bond motifs is 1. The standard InChI is InChI=1S/C20H28N2O5S/c1-20(2,3)27-19(24)17-7-5-6-11-21(17)18(23)15-8-9-16-14(13-15)10-12-22(16)28(4,25)26/h8-9,13,17H,5-7,10-12H2,1-4H3/t17-/m0/s1. The highest BCUT2D eigenvalue weighted by Crippen LogP contribution is 2.32. The SMILES string of the molecule is CC(C)(C)OC(=O)[C@@H]1CCCCN1C(=O)c1ccc2c(c1)CCN2S(C)(=O)=O. The van der Waals surface area contributed by atoms with Crippen molar-refractivity contribution < 1.29 is 22.7 Å². The Bertz CT molecular complexity index is 888. The molecule has 0 radical (unpaired) electrons. The first-order valence-corrected chi connectivity index (χ1v) is 11.5. The normalized spacial score (nSPS) is 20.1. The first kappa shape index (κ1) is 20.6. The van der Waals surface area contributed by atoms with Gasteiger partial charge in [-0.15, -0.1) is 0 Å². The molecule has 7 nitrogen and oxygen atoms in total. The van der Waals surface area contributed by atoms with Gasteiger partial charge in [-0.05, 0) is 70.2 Å². The van der Waals surface area contributed by atoms with Gasteiger partial charge in [-0.3, -0.25) is 9.10 Å². The Labute approximate surface area is 166 Å². The van der Waals surface area contributed by atoms with E-state index in [0.29, 0.717) is 37.2 Å². The highest BCUT2D eigenvalue weighted by atomic mass is 32.2. The highest BCUT2D eigenvalue weighted by molar-refractivity contribution is 7.92. The molecule has 0 saturated carbocycles. The van der Waals surface area contributed by atoms with Crippen molar-refractivity contribution in [1.29, 1.82) is 0 Å². The molecule has 1 aromatic rings. The molecular weight excluding hydrogens is 380 g/mol. The number of hydrogen-bond acceptors (Lipinski definition) is 5. The first-order chi connectivity index (χ1) is 13.0. The van der Waals surface area contributed by atoms with Gasteiger partial charge in [0.15, 0.2) is 0 Å². The molecule has 0 aliphatic carbocycles. The van der Waals surface area contributed by atoms with E-state index in [1.807, 2.05) is 20.8 Å². The van der Waals surface area contributed by atoms with Crippen LogP contribution in [0.2, 0.25) is 0 Å². The Hall–Kier alpha value is -2.09. The molecule has 154 valence electrons. The maximum atomic E-state index is 13.1. The molecule has 1 aromatic carbocycles. The van der Waals surface area contributed by atoms with Crippen molar-refractivity contribution in [1.82, 2.24) is 4.90 Å². The summed E-state index contributed by atoms with van der Waals surface area (Å²) < 4.78 is 30.7. The molecule has 8 heteroatoms. The van der Waals surface area contributed by atoms with Crippen LogP contribution in [0.15, 0.2) is 18.2 Å². The maximum absolute atomic E-state index is 13.1. The fourth-order valence-corrected chi connectivity index (χ4v) is 4.76. The fourth-order valence-electron chi connectivity index (χ4n) is 3.80. The van der Waals surface area contributed by atoms with Gasteiger partial charge in [-0.1, -0.05) is 0 Å². The van der Waals surface area contributed by atoms with Crippen molar-refractivity contribution in [3.05, 3.63) is 29.3 Å². The van der Waals surface area contributed by atoms with E-state index in [-0.39, 0.29) is 11.9 Å². The second-order valence-electron chi connectivity index (χ2n) is 8.47. The lowest BCUT2D eigenvalue weighted by Crippen LogP contribution is -2.50. The van der Waals surface area contributed by atoms with E-state index in [0.717, 1.165) is 18.4 Å². The van der Waals surface area contributed by atoms with Crippen LogP contribution in [0.4, 0.5) is 5.69 Å². The molecule has 1 amide bonds. The van der Waals surface area contributed by atoms with Crippen LogP contribution in [0.5, 0.6) is 0 Å². The zero-order valence-electron chi connectivity index (χ0n) is 16.9. The summed E-state index contributed by atoms with van der Waals surface area (Å²) in [5.74, 6) is -0.582. The summed E-state index contributed by atoms with van der Waals surface area (Å²) in [6.07, 6.45) is 4.06. The quantitative estimate of drug-likeness (QED) is 0.717. The molecule has 3 rings (SSSR count). The Morgan fingerprint density at radius 1 is 1.14 bits per heavy atom. The van der Waals surface area contributed by atoms with E-state index in [9.17, 15) is 18.0 Å². The van der Waals surface area contributed by atoms with Gasteiger partial charge in [0.2, 0.25) is 10.0 Å². The monoisotopic (exact) mass is 408 g/mol. The predicted octanol–water partition coefficient (Wildman–Crippen LogP) is 2.35. The summed E-state index contributed by atoms with van der Waals surface area (Å²) in [4.78, 5) is 27.4. The molecular formula is C20H28N2O5S. The van der Waals surface area contributed by atoms with Crippen LogP contribution in [0.1, 0.15) is 56.0 Å². The maximum Gasteiger partial charge on any atom is 0.329 e. The van der Waals surface area contributed by atoms with Gasteiger partial charge in [-0.25, -0.2) is 13.2 Å². The lowest BCUT2D eigenvalue weighted by Gasteiger charge is -2.35. The van der Waals surface area contributed by atoms with Gasteiger partial charge in [0, 0.05) is 18.7 Å². The number of piperidine rings is 1. The van der Waals surface area contributed by atoms with Crippen LogP contribution >= 0.6 is 0 Å². The topological polar surface area (TPSA) is 84.0 Å². The number of rotatable bonds is 3. The van der Waals surface area contributed by atoms with Crippen LogP contribution in [0.25, 0.3) is 0 Å². The van der Waals surface area contributed by atoms with Crippen molar-refractivity contribution in [3.8, 4) is 0 Å². The molecule has 28 heavy (non-hydrogen) atoms. The van der Waals surface area contributed by atoms with E-state index in [2.05, 4.69) is 0 Å². The summed E-state index contributed by atoms with van der Waals surface area (Å²) in [7, 11) is -3.33. The highest BCUT2D eigenvalue weighted by Gasteiger charge is 2.36. The van der Waals surface area contributed by atoms with E-state index in [4.69, 9.17) is 4.74 Å². The molecule has 2 aliphatic rings. The first-order valence-electron chi connectivity index (χ1n) is 9.62. The number of nitrogens with zero attached hydrogens (tertiary/aromatic N) is 2. The van der Waals surface area contributed by atoms with Crippen LogP contribution in [-0.2, 0) is 26.0 Å². The number of carbonyl (C=O) groups is 2. The number of hydrogen-bond donors (Lipinski definition) is 0. The fraction of sp³-hybridized carbons (Fsp3) is 0.600. The second kappa shape index (κ2) is 7.39. The molecule has 0 unspecified atom stereocenters. The largest absolute Gasteiger partial charge is 0.458 e. The number of benzene rings is 1. The van der Waals surface area contributed by atoms with Crippen LogP contribution in [0, 0.1) is 0 Å². The summed E-state index contributed by atoms with van der Waals surface area (Å²) in [5.41, 5.74) is 1.33. The average molecular weight is 409 g/mol. The van der Waals surface area contributed by atoms with Crippen LogP contribution < -0.4 is 4.31 Å². The number of carbonyl (C=O) groups excluding carboxylic acids is 2. The summed E-state index contributed by atoms with van der Waals surface area (Å²) in [6, 6.07) is 4.50. The van der Waals surface area contributed by atoms with Crippen molar-refractivity contribution in [2.75, 3.05) is 23.7 Å². The Morgan fingerprint density at radius 3 is 2.50 bits per heavy atom. The lowest BCUT2D eigenvalue weighted by molar-refractivity contribution is -0.161. The lowest BCUT2D eigenvalue weighted by atomic mass is 9.99. The Balaban J connectivity index is 1.83. The minimum atomic E-state index is -3.33. The zero-order valence-corrected chi connectivity index (χ0v) is 17.7. The van der Waals surface area contributed by atoms with E-state index in [1.165, 1.54) is 10.6 Å². The molecule has 1 saturated heterocycles. The molecule has 2 aliphatic heterocycles. The summed E-state index contributed by atoms with van der Waals surface area (Å²) >= 11 is 0. The molecule has 0 bridgehead atoms. The van der Waals surface area contributed by atoms with E-state index in [1.54, 1.807) is 23.1 Å². The molecule has 1 fully saturated rings. The average Bonchev–Trinajstić information content (AvgIpc) is 3.03. The predicted molar refractivity (Wildman–Crippen MR) is 107 cm³/mol. The second-order valence-corrected chi connectivity index (χ2v) is 10.4. The minimum absolute atomic E-state index is 0.212. The molecule has 0 spiro atoms. The Morgan fingerprint density at radius 2 is 1.86 bits per heavy atom. The van der Waals surface area contributed by atoms with Gasteiger partial charge in [0.1, 0.15) is 11.6 Å². The van der Waals surface area contributed by atoms with Crippen molar-refractivity contribution in [3.63, 3.8) is 0 Å². The number of amides is 1. The molecule has 0 N–H and O–H groups in total. The van der Waals surface area contributed by atoms with E-state index >= 15 is 0 Å². The van der Waals surface area contributed by atoms with Gasteiger partial charge in [-0.2, -0.15) is 0 Å². The van der Waals surface area contributed by atoms with Gasteiger partial charge in [0.25, 0.3) is 5.91 Å². The van der Waals surface area contributed by atoms with Crippen molar-refractivity contribution in [2.45, 2.75) is 58.1 Å². The third-order valence-electron chi connectivity index (χ3n) is 5.02. The number of anilines is 1. The molecule has 1 atom stereocenters. The third kappa shape index (κ3) is 4.32. The van der Waals surface area contributed by atoms with Gasteiger partial charge >= 0.3 is 5.97 Å². The third-order valence-corrected chi connectivity index (χ3v) is 6.20. The number of likely N-dealkylation sites (tertiary alicyclic amines) is 1. The Kier molecular flexibility index (Phi) is 5.44. The summed E-state index contributed by atoms with van der Waals surface area (Å²) in [5, 5.41) is 0. The summed E-state index contributed by atoms with van der Waals surface area (Å²) in [6.45, 7) is 6.33. The van der Waals surface area contributed by atoms with Gasteiger partial charge < -0.3 is 9.64 Å². The molecule has 0 aromatic heterocycles. The number of sulfonamides is 1. The number of esters is 1. The van der Waals surface area contributed by atoms with Crippen LogP contribution in [0.3, 0.4) is 0 Å². The zero-order chi connectivity index (χ0) is 20.7. The van der Waals surface area contributed by atoms with E-state index < -0.39 is 21.7 Å². The van der Waals surface area contributed by atoms with Crippen LogP contribution in [-0.4, -0.2) is 56.2 Å².